The number of aliphatic hydroxyl groups excluding tert-OH is 1. The Morgan fingerprint density at radius 1 is 1.44 bits per heavy atom. The number of thiophene rings is 1. The summed E-state index contributed by atoms with van der Waals surface area (Å²) in [6, 6.07) is 2.44. The molecule has 1 aliphatic heterocycles. The van der Waals surface area contributed by atoms with Crippen molar-refractivity contribution in [1.29, 1.82) is 0 Å². The second-order valence-electron chi connectivity index (χ2n) is 7.31. The molecule has 2 unspecified atom stereocenters. The van der Waals surface area contributed by atoms with Crippen LogP contribution in [0, 0.1) is 0 Å². The van der Waals surface area contributed by atoms with Gasteiger partial charge < -0.3 is 10.4 Å². The molecule has 1 aliphatic rings. The average Bonchev–Trinajstić information content (AvgIpc) is 3.19. The molecule has 3 rings (SSSR count). The molecule has 0 radical (unpaired) electrons. The highest BCUT2D eigenvalue weighted by Gasteiger charge is 2.33. The van der Waals surface area contributed by atoms with E-state index in [1.165, 1.54) is 11.1 Å². The normalized spacial score (nSPS) is 23.6. The van der Waals surface area contributed by atoms with Gasteiger partial charge in [0.15, 0.2) is 0 Å². The zero-order chi connectivity index (χ0) is 19.6. The lowest BCUT2D eigenvalue weighted by atomic mass is 9.82. The second kappa shape index (κ2) is 8.61. The van der Waals surface area contributed by atoms with E-state index in [2.05, 4.69) is 17.3 Å². The largest absolute Gasteiger partial charge is 0.396 e. The number of nitrogens with one attached hydrogen (secondary N) is 1. The Bertz CT molecular complexity index is 878. The Morgan fingerprint density at radius 2 is 2.22 bits per heavy atom. The molecule has 3 heterocycles. The maximum atomic E-state index is 11.4. The summed E-state index contributed by atoms with van der Waals surface area (Å²) in [4.78, 5) is 1.22. The van der Waals surface area contributed by atoms with Gasteiger partial charge in [-0.15, -0.1) is 11.3 Å². The van der Waals surface area contributed by atoms with Crippen LogP contribution in [0.4, 0.5) is 0 Å². The van der Waals surface area contributed by atoms with Gasteiger partial charge in [-0.3, -0.25) is 4.68 Å². The van der Waals surface area contributed by atoms with Crippen LogP contribution in [0.2, 0.25) is 4.34 Å². The zero-order valence-electron chi connectivity index (χ0n) is 15.6. The van der Waals surface area contributed by atoms with E-state index in [4.69, 9.17) is 11.6 Å². The fraction of sp³-hybridized carbons (Fsp3) is 0.611. The third kappa shape index (κ3) is 5.32. The number of rotatable bonds is 7. The Labute approximate surface area is 169 Å². The Balaban J connectivity index is 1.86. The highest BCUT2D eigenvalue weighted by molar-refractivity contribution is 7.90. The van der Waals surface area contributed by atoms with Crippen LogP contribution >= 0.6 is 22.9 Å². The molecule has 2 aromatic rings. The quantitative estimate of drug-likeness (QED) is 0.704. The smallest absolute Gasteiger partial charge is 0.149 e. The van der Waals surface area contributed by atoms with E-state index in [1.807, 2.05) is 18.5 Å². The van der Waals surface area contributed by atoms with Gasteiger partial charge in [0.2, 0.25) is 0 Å². The summed E-state index contributed by atoms with van der Waals surface area (Å²) in [6.07, 6.45) is 7.70. The number of aromatic nitrogens is 2. The molecule has 3 atom stereocenters. The Kier molecular flexibility index (Phi) is 6.63. The molecule has 0 saturated carbocycles. The topological polar surface area (TPSA) is 84.2 Å². The van der Waals surface area contributed by atoms with E-state index >= 15 is 0 Å². The van der Waals surface area contributed by atoms with Crippen LogP contribution in [-0.4, -0.2) is 48.0 Å². The third-order valence-corrected chi connectivity index (χ3v) is 7.37. The first-order chi connectivity index (χ1) is 12.8. The fourth-order valence-electron chi connectivity index (χ4n) is 3.67. The van der Waals surface area contributed by atoms with Gasteiger partial charge in [-0.05, 0) is 37.8 Å². The molecule has 0 aliphatic carbocycles. The third-order valence-electron chi connectivity index (χ3n) is 5.01. The van der Waals surface area contributed by atoms with Gasteiger partial charge in [0.05, 0.1) is 22.8 Å². The first kappa shape index (κ1) is 20.8. The highest BCUT2D eigenvalue weighted by atomic mass is 35.5. The molecule has 1 saturated heterocycles. The van der Waals surface area contributed by atoms with Crippen molar-refractivity contribution in [2.24, 2.45) is 0 Å². The van der Waals surface area contributed by atoms with Crippen molar-refractivity contribution in [2.45, 2.75) is 50.7 Å². The number of aryl methyl sites for hydroxylation is 1. The molecule has 150 valence electrons. The van der Waals surface area contributed by atoms with E-state index < -0.39 is 9.84 Å². The summed E-state index contributed by atoms with van der Waals surface area (Å²) in [5.74, 6) is 0.334. The second-order valence-corrected chi connectivity index (χ2v) is 11.3. The predicted octanol–water partition coefficient (Wildman–Crippen LogP) is 2.77. The van der Waals surface area contributed by atoms with Crippen molar-refractivity contribution >= 4 is 32.8 Å². The summed E-state index contributed by atoms with van der Waals surface area (Å²) in [5, 5.41) is 17.4. The summed E-state index contributed by atoms with van der Waals surface area (Å²) in [5.41, 5.74) is 2.17. The molecular weight excluding hydrogens is 406 g/mol. The molecule has 0 bridgehead atoms. The van der Waals surface area contributed by atoms with Gasteiger partial charge in [0.1, 0.15) is 9.84 Å². The molecule has 27 heavy (non-hydrogen) atoms. The molecule has 0 amide bonds. The lowest BCUT2D eigenvalue weighted by Gasteiger charge is -2.36. The number of halogens is 1. The molecule has 2 N–H and O–H groups in total. The van der Waals surface area contributed by atoms with Gasteiger partial charge in [-0.2, -0.15) is 5.10 Å². The molecule has 2 aromatic heterocycles. The van der Waals surface area contributed by atoms with Crippen molar-refractivity contribution in [3.8, 4) is 0 Å². The number of hydrogen-bond acceptors (Lipinski definition) is 6. The minimum atomic E-state index is -3.02. The number of hydrogen-bond donors (Lipinski definition) is 2. The predicted molar refractivity (Wildman–Crippen MR) is 109 cm³/mol. The van der Waals surface area contributed by atoms with Crippen LogP contribution in [-0.2, 0) is 22.8 Å². The molecule has 6 nitrogen and oxygen atoms in total. The van der Waals surface area contributed by atoms with Gasteiger partial charge in [-0.25, -0.2) is 8.42 Å². The standard InChI is InChI=1S/C18H26ClN3O3S2/c1-12-3-4-15(18-13(5-7-23)9-16(19)26-18)17(21-12)14-10-20-22(11-14)6-8-27(2,24)25/h9-12,15,17,21,23H,3-8H2,1-2H3/t12?,15-,17?/m0/s1. The first-order valence-corrected chi connectivity index (χ1v) is 12.4. The van der Waals surface area contributed by atoms with Gasteiger partial charge in [0, 0.05) is 47.5 Å². The zero-order valence-corrected chi connectivity index (χ0v) is 17.9. The maximum Gasteiger partial charge on any atom is 0.149 e. The molecule has 0 aromatic carbocycles. The molecular formula is C18H26ClN3O3S2. The SMILES string of the molecule is CC1CC[C@H](c2sc(Cl)cc2CCO)C(c2cnn(CCS(C)(=O)=O)c2)N1. The highest BCUT2D eigenvalue weighted by Crippen LogP contribution is 2.44. The van der Waals surface area contributed by atoms with E-state index in [1.54, 1.807) is 16.0 Å². The average molecular weight is 432 g/mol. The molecule has 9 heteroatoms. The van der Waals surface area contributed by atoms with Crippen LogP contribution in [0.3, 0.4) is 0 Å². The Hall–Kier alpha value is -0.930. The summed E-state index contributed by atoms with van der Waals surface area (Å²) < 4.78 is 25.3. The van der Waals surface area contributed by atoms with Crippen molar-refractivity contribution in [1.82, 2.24) is 15.1 Å². The monoisotopic (exact) mass is 431 g/mol. The van der Waals surface area contributed by atoms with E-state index in [-0.39, 0.29) is 24.3 Å². The Morgan fingerprint density at radius 3 is 2.93 bits per heavy atom. The van der Waals surface area contributed by atoms with E-state index in [0.717, 1.165) is 28.3 Å². The number of sulfone groups is 1. The van der Waals surface area contributed by atoms with Crippen molar-refractivity contribution < 1.29 is 13.5 Å². The lowest BCUT2D eigenvalue weighted by molar-refractivity contribution is 0.292. The maximum absolute atomic E-state index is 11.4. The molecule has 0 spiro atoms. The summed E-state index contributed by atoms with van der Waals surface area (Å²) in [6.45, 7) is 2.63. The first-order valence-electron chi connectivity index (χ1n) is 9.12. The minimum absolute atomic E-state index is 0.0766. The molecule has 1 fully saturated rings. The van der Waals surface area contributed by atoms with Crippen LogP contribution in [0.25, 0.3) is 0 Å². The van der Waals surface area contributed by atoms with E-state index in [0.29, 0.717) is 19.0 Å². The van der Waals surface area contributed by atoms with Crippen LogP contribution in [0.15, 0.2) is 18.5 Å². The number of nitrogens with zero attached hydrogens (tertiary/aromatic N) is 2. The summed E-state index contributed by atoms with van der Waals surface area (Å²) >= 11 is 7.86. The van der Waals surface area contributed by atoms with Gasteiger partial charge in [-0.1, -0.05) is 11.6 Å². The van der Waals surface area contributed by atoms with Crippen molar-refractivity contribution in [2.75, 3.05) is 18.6 Å². The van der Waals surface area contributed by atoms with Crippen LogP contribution in [0.1, 0.15) is 47.7 Å². The lowest BCUT2D eigenvalue weighted by Crippen LogP contribution is -2.39. The van der Waals surface area contributed by atoms with Crippen molar-refractivity contribution in [3.05, 3.63) is 38.8 Å². The fourth-order valence-corrected chi connectivity index (χ4v) is 5.68. The van der Waals surface area contributed by atoms with Gasteiger partial charge >= 0.3 is 0 Å². The summed E-state index contributed by atoms with van der Waals surface area (Å²) in [7, 11) is -3.02. The number of piperidine rings is 1. The van der Waals surface area contributed by atoms with E-state index in [9.17, 15) is 13.5 Å². The van der Waals surface area contributed by atoms with Crippen molar-refractivity contribution in [3.63, 3.8) is 0 Å². The van der Waals surface area contributed by atoms with Crippen LogP contribution in [0.5, 0.6) is 0 Å². The number of aliphatic hydroxyl groups is 1. The van der Waals surface area contributed by atoms with Gasteiger partial charge in [0.25, 0.3) is 0 Å². The van der Waals surface area contributed by atoms with Crippen LogP contribution < -0.4 is 5.32 Å². The minimum Gasteiger partial charge on any atom is -0.396 e.